The van der Waals surface area contributed by atoms with Gasteiger partial charge in [-0.05, 0) is 29.8 Å². The normalized spacial score (nSPS) is 20.2. The minimum atomic E-state index is -0.326. The fraction of sp³-hybridized carbons (Fsp3) is 0.462. The van der Waals surface area contributed by atoms with E-state index in [1.165, 1.54) is 0 Å². The van der Waals surface area contributed by atoms with Crippen molar-refractivity contribution in [1.82, 2.24) is 9.80 Å². The third kappa shape index (κ3) is 4.86. The molecule has 9 heteroatoms. The highest BCUT2D eigenvalue weighted by Crippen LogP contribution is 2.36. The van der Waals surface area contributed by atoms with Crippen molar-refractivity contribution in [2.75, 3.05) is 65.1 Å². The van der Waals surface area contributed by atoms with Gasteiger partial charge in [0, 0.05) is 57.4 Å². The number of methoxy groups -OCH3 is 2. The van der Waals surface area contributed by atoms with E-state index in [1.807, 2.05) is 41.3 Å². The molecule has 3 aliphatic rings. The number of nitrogens with zero attached hydrogens (tertiary/aromatic N) is 3. The van der Waals surface area contributed by atoms with Crippen molar-refractivity contribution in [2.45, 2.75) is 13.0 Å². The molecule has 0 aromatic heterocycles. The van der Waals surface area contributed by atoms with Gasteiger partial charge in [0.15, 0.2) is 23.0 Å². The topological polar surface area (TPSA) is 80.8 Å². The zero-order chi connectivity index (χ0) is 24.4. The maximum absolute atomic E-state index is 13.2. The smallest absolute Gasteiger partial charge is 0.228 e. The lowest BCUT2D eigenvalue weighted by Gasteiger charge is -2.36. The van der Waals surface area contributed by atoms with Crippen LogP contribution in [-0.2, 0) is 16.1 Å². The van der Waals surface area contributed by atoms with E-state index in [1.54, 1.807) is 19.1 Å². The van der Waals surface area contributed by atoms with Crippen LogP contribution >= 0.6 is 0 Å². The van der Waals surface area contributed by atoms with Gasteiger partial charge in [0.05, 0.1) is 20.1 Å². The molecule has 186 valence electrons. The van der Waals surface area contributed by atoms with Crippen LogP contribution < -0.4 is 23.8 Å². The highest BCUT2D eigenvalue weighted by Gasteiger charge is 2.38. The van der Waals surface area contributed by atoms with E-state index in [-0.39, 0.29) is 24.2 Å². The zero-order valence-corrected chi connectivity index (χ0v) is 20.2. The summed E-state index contributed by atoms with van der Waals surface area (Å²) in [5.41, 5.74) is 1.88. The molecule has 0 spiro atoms. The molecule has 2 amide bonds. The first-order valence-corrected chi connectivity index (χ1v) is 12.0. The Kier molecular flexibility index (Phi) is 6.68. The summed E-state index contributed by atoms with van der Waals surface area (Å²) in [5, 5.41) is 0. The van der Waals surface area contributed by atoms with Crippen LogP contribution in [0.25, 0.3) is 0 Å². The number of rotatable bonds is 6. The maximum Gasteiger partial charge on any atom is 0.228 e. The molecule has 0 aliphatic carbocycles. The van der Waals surface area contributed by atoms with Crippen molar-refractivity contribution in [3.8, 4) is 23.0 Å². The fourth-order valence-corrected chi connectivity index (χ4v) is 4.94. The Morgan fingerprint density at radius 3 is 2.43 bits per heavy atom. The summed E-state index contributed by atoms with van der Waals surface area (Å²) < 4.78 is 21.9. The molecule has 5 rings (SSSR count). The summed E-state index contributed by atoms with van der Waals surface area (Å²) in [5.74, 6) is 2.45. The van der Waals surface area contributed by atoms with Crippen molar-refractivity contribution in [3.63, 3.8) is 0 Å². The van der Waals surface area contributed by atoms with Gasteiger partial charge in [-0.25, -0.2) is 0 Å². The van der Waals surface area contributed by atoms with E-state index in [0.717, 1.165) is 30.9 Å². The van der Waals surface area contributed by atoms with Crippen LogP contribution in [0, 0.1) is 5.92 Å². The summed E-state index contributed by atoms with van der Waals surface area (Å²) in [6.07, 6.45) is 0.235. The first-order chi connectivity index (χ1) is 17.1. The van der Waals surface area contributed by atoms with Crippen molar-refractivity contribution in [1.29, 1.82) is 0 Å². The molecular formula is C26H31N3O6. The second-order valence-electron chi connectivity index (χ2n) is 9.02. The van der Waals surface area contributed by atoms with E-state index in [9.17, 15) is 9.59 Å². The summed E-state index contributed by atoms with van der Waals surface area (Å²) in [6.45, 7) is 5.06. The van der Waals surface area contributed by atoms with E-state index in [4.69, 9.17) is 18.9 Å². The second-order valence-corrected chi connectivity index (χ2v) is 9.02. The summed E-state index contributed by atoms with van der Waals surface area (Å²) in [6, 6.07) is 11.4. The van der Waals surface area contributed by atoms with Crippen LogP contribution in [0.1, 0.15) is 12.0 Å². The van der Waals surface area contributed by atoms with Gasteiger partial charge in [0.2, 0.25) is 11.8 Å². The summed E-state index contributed by atoms with van der Waals surface area (Å²) in [7, 11) is 3.26. The van der Waals surface area contributed by atoms with E-state index >= 15 is 0 Å². The van der Waals surface area contributed by atoms with Gasteiger partial charge < -0.3 is 28.7 Å². The van der Waals surface area contributed by atoms with E-state index in [2.05, 4.69) is 4.90 Å². The van der Waals surface area contributed by atoms with Gasteiger partial charge in [0.1, 0.15) is 13.2 Å². The molecule has 1 atom stereocenters. The number of carbonyl (C=O) groups is 2. The number of anilines is 1. The molecule has 0 bridgehead atoms. The minimum Gasteiger partial charge on any atom is -0.493 e. The molecule has 3 heterocycles. The highest BCUT2D eigenvalue weighted by atomic mass is 16.6. The van der Waals surface area contributed by atoms with Gasteiger partial charge in [-0.3, -0.25) is 14.5 Å². The molecule has 0 saturated carbocycles. The first-order valence-electron chi connectivity index (χ1n) is 12.0. The third-order valence-electron chi connectivity index (χ3n) is 6.85. The largest absolute Gasteiger partial charge is 0.493 e. The Labute approximate surface area is 205 Å². The van der Waals surface area contributed by atoms with Crippen molar-refractivity contribution in [2.24, 2.45) is 5.92 Å². The van der Waals surface area contributed by atoms with Gasteiger partial charge >= 0.3 is 0 Å². The van der Waals surface area contributed by atoms with E-state index in [0.29, 0.717) is 55.8 Å². The van der Waals surface area contributed by atoms with Gasteiger partial charge in [-0.15, -0.1) is 0 Å². The average Bonchev–Trinajstić information content (AvgIpc) is 3.29. The molecular weight excluding hydrogens is 450 g/mol. The fourth-order valence-electron chi connectivity index (χ4n) is 4.94. The standard InChI is InChI=1S/C26H31N3O6/c1-32-21-5-3-18(13-23(21)33-2)16-27-7-9-28(10-8-27)26(31)19-14-25(30)29(17-19)20-4-6-22-24(15-20)35-12-11-34-22/h3-6,13,15,19H,7-12,14,16-17H2,1-2H3/t19-/m1/s1. The van der Waals surface area contributed by atoms with Crippen LogP contribution in [0.3, 0.4) is 0 Å². The summed E-state index contributed by atoms with van der Waals surface area (Å²) >= 11 is 0. The number of benzene rings is 2. The van der Waals surface area contributed by atoms with Gasteiger partial charge in [-0.2, -0.15) is 0 Å². The molecule has 9 nitrogen and oxygen atoms in total. The number of hydrogen-bond acceptors (Lipinski definition) is 7. The Bertz CT molecular complexity index is 1100. The number of ether oxygens (including phenoxy) is 4. The monoisotopic (exact) mass is 481 g/mol. The number of hydrogen-bond donors (Lipinski definition) is 0. The predicted octanol–water partition coefficient (Wildman–Crippen LogP) is 2.17. The molecule has 0 radical (unpaired) electrons. The van der Waals surface area contributed by atoms with Crippen LogP contribution in [0.4, 0.5) is 5.69 Å². The Morgan fingerprint density at radius 1 is 0.943 bits per heavy atom. The molecule has 0 unspecified atom stereocenters. The van der Waals surface area contributed by atoms with Crippen LogP contribution in [0.5, 0.6) is 23.0 Å². The zero-order valence-electron chi connectivity index (χ0n) is 20.2. The van der Waals surface area contributed by atoms with Crippen molar-refractivity contribution in [3.05, 3.63) is 42.0 Å². The highest BCUT2D eigenvalue weighted by molar-refractivity contribution is 6.00. The Balaban J connectivity index is 1.16. The molecule has 2 aromatic carbocycles. The molecule has 3 aliphatic heterocycles. The molecule has 2 fully saturated rings. The molecule has 2 aromatic rings. The van der Waals surface area contributed by atoms with Crippen LogP contribution in [0.15, 0.2) is 36.4 Å². The Hall–Kier alpha value is -3.46. The van der Waals surface area contributed by atoms with Crippen molar-refractivity contribution >= 4 is 17.5 Å². The molecule has 2 saturated heterocycles. The molecule has 0 N–H and O–H groups in total. The minimum absolute atomic E-state index is 0.0351. The second kappa shape index (κ2) is 10.0. The number of amides is 2. The maximum atomic E-state index is 13.2. The number of carbonyl (C=O) groups excluding carboxylic acids is 2. The van der Waals surface area contributed by atoms with Gasteiger partial charge in [0.25, 0.3) is 0 Å². The van der Waals surface area contributed by atoms with Gasteiger partial charge in [-0.1, -0.05) is 6.07 Å². The van der Waals surface area contributed by atoms with Crippen LogP contribution in [0.2, 0.25) is 0 Å². The van der Waals surface area contributed by atoms with Crippen molar-refractivity contribution < 1.29 is 28.5 Å². The molecule has 35 heavy (non-hydrogen) atoms. The lowest BCUT2D eigenvalue weighted by molar-refractivity contribution is -0.137. The predicted molar refractivity (Wildman–Crippen MR) is 129 cm³/mol. The number of piperazine rings is 1. The first kappa shape index (κ1) is 23.3. The Morgan fingerprint density at radius 2 is 1.69 bits per heavy atom. The lowest BCUT2D eigenvalue weighted by Crippen LogP contribution is -2.50. The quantitative estimate of drug-likeness (QED) is 0.626. The summed E-state index contributed by atoms with van der Waals surface area (Å²) in [4.78, 5) is 31.9. The van der Waals surface area contributed by atoms with E-state index < -0.39 is 0 Å². The third-order valence-corrected chi connectivity index (χ3v) is 6.85. The van der Waals surface area contributed by atoms with Crippen LogP contribution in [-0.4, -0.2) is 81.8 Å². The number of fused-ring (bicyclic) bond motifs is 1. The lowest BCUT2D eigenvalue weighted by atomic mass is 10.1. The average molecular weight is 482 g/mol. The SMILES string of the molecule is COc1ccc(CN2CCN(C(=O)[C@@H]3CC(=O)N(c4ccc5c(c4)OCCO5)C3)CC2)cc1OC.